The summed E-state index contributed by atoms with van der Waals surface area (Å²) < 4.78 is 10.5. The van der Waals surface area contributed by atoms with Gasteiger partial charge in [0.15, 0.2) is 0 Å². The van der Waals surface area contributed by atoms with Crippen molar-refractivity contribution >= 4 is 5.91 Å². The fraction of sp³-hybridized carbons (Fsp3) is 0.211. The summed E-state index contributed by atoms with van der Waals surface area (Å²) in [5, 5.41) is 6.64. The van der Waals surface area contributed by atoms with Crippen LogP contribution in [0.5, 0.6) is 0 Å². The minimum absolute atomic E-state index is 0.0201. The van der Waals surface area contributed by atoms with Crippen molar-refractivity contribution in [1.29, 1.82) is 0 Å². The van der Waals surface area contributed by atoms with Crippen LogP contribution in [0.3, 0.4) is 0 Å². The lowest BCUT2D eigenvalue weighted by Gasteiger charge is -2.04. The number of aromatic nitrogens is 2. The smallest absolute Gasteiger partial charge is 0.246 e. The summed E-state index contributed by atoms with van der Waals surface area (Å²) in [6.45, 7) is 2.55. The predicted molar refractivity (Wildman–Crippen MR) is 92.4 cm³/mol. The molecule has 1 heterocycles. The largest absolute Gasteiger partial charge is 0.367 e. The van der Waals surface area contributed by atoms with Crippen molar-refractivity contribution < 1.29 is 14.1 Å². The zero-order valence-corrected chi connectivity index (χ0v) is 13.9. The maximum absolute atomic E-state index is 11.8. The van der Waals surface area contributed by atoms with E-state index in [1.165, 1.54) is 0 Å². The van der Waals surface area contributed by atoms with E-state index in [0.29, 0.717) is 18.3 Å². The van der Waals surface area contributed by atoms with Crippen molar-refractivity contribution in [2.24, 2.45) is 0 Å². The summed E-state index contributed by atoms with van der Waals surface area (Å²) in [7, 11) is 0. The van der Waals surface area contributed by atoms with Crippen LogP contribution in [0.15, 0.2) is 59.1 Å². The predicted octanol–water partition coefficient (Wildman–Crippen LogP) is 2.88. The number of nitrogens with one attached hydrogen (secondary N) is 1. The Morgan fingerprint density at radius 2 is 2.00 bits per heavy atom. The first-order valence-corrected chi connectivity index (χ1v) is 7.99. The summed E-state index contributed by atoms with van der Waals surface area (Å²) in [6.07, 6.45) is 0. The first-order valence-electron chi connectivity index (χ1n) is 7.99. The first kappa shape index (κ1) is 16.9. The average Bonchev–Trinajstić information content (AvgIpc) is 3.10. The maximum atomic E-state index is 11.8. The zero-order valence-electron chi connectivity index (χ0n) is 13.9. The van der Waals surface area contributed by atoms with Gasteiger partial charge in [0.1, 0.15) is 6.61 Å². The highest BCUT2D eigenvalue weighted by Gasteiger charge is 2.10. The number of amides is 1. The third-order valence-corrected chi connectivity index (χ3v) is 3.53. The Hall–Kier alpha value is -2.99. The summed E-state index contributed by atoms with van der Waals surface area (Å²) >= 11 is 0. The monoisotopic (exact) mass is 337 g/mol. The van der Waals surface area contributed by atoms with E-state index < -0.39 is 0 Å². The van der Waals surface area contributed by atoms with E-state index in [0.717, 1.165) is 16.7 Å². The van der Waals surface area contributed by atoms with Gasteiger partial charge in [-0.1, -0.05) is 59.3 Å². The second-order valence-corrected chi connectivity index (χ2v) is 5.64. The van der Waals surface area contributed by atoms with E-state index in [-0.39, 0.29) is 19.1 Å². The Morgan fingerprint density at radius 1 is 1.16 bits per heavy atom. The average molecular weight is 337 g/mol. The summed E-state index contributed by atoms with van der Waals surface area (Å²) in [6, 6.07) is 17.5. The van der Waals surface area contributed by atoms with E-state index in [1.54, 1.807) is 0 Å². The normalized spacial score (nSPS) is 10.6. The van der Waals surface area contributed by atoms with Crippen LogP contribution in [0.25, 0.3) is 11.4 Å². The van der Waals surface area contributed by atoms with Crippen molar-refractivity contribution in [3.05, 3.63) is 71.6 Å². The van der Waals surface area contributed by atoms with Crippen LogP contribution >= 0.6 is 0 Å². The van der Waals surface area contributed by atoms with Crippen LogP contribution in [0.1, 0.15) is 17.0 Å². The topological polar surface area (TPSA) is 77.2 Å². The first-order chi connectivity index (χ1) is 12.2. The molecule has 1 amide bonds. The molecule has 0 unspecified atom stereocenters. The number of carbonyl (C=O) groups is 1. The Bertz CT molecular complexity index is 831. The molecule has 0 fully saturated rings. The molecule has 0 aliphatic carbocycles. The molecule has 0 saturated heterocycles. The van der Waals surface area contributed by atoms with Gasteiger partial charge in [-0.15, -0.1) is 0 Å². The van der Waals surface area contributed by atoms with Gasteiger partial charge >= 0.3 is 0 Å². The van der Waals surface area contributed by atoms with Gasteiger partial charge in [0.25, 0.3) is 0 Å². The Morgan fingerprint density at radius 3 is 2.80 bits per heavy atom. The van der Waals surface area contributed by atoms with Gasteiger partial charge in [0, 0.05) is 5.56 Å². The van der Waals surface area contributed by atoms with Crippen LogP contribution in [-0.4, -0.2) is 22.7 Å². The highest BCUT2D eigenvalue weighted by atomic mass is 16.5. The van der Waals surface area contributed by atoms with Gasteiger partial charge in [0.2, 0.25) is 17.6 Å². The lowest BCUT2D eigenvalue weighted by Crippen LogP contribution is -2.27. The quantitative estimate of drug-likeness (QED) is 0.717. The van der Waals surface area contributed by atoms with Crippen LogP contribution < -0.4 is 5.32 Å². The molecular weight excluding hydrogens is 318 g/mol. The highest BCUT2D eigenvalue weighted by molar-refractivity contribution is 5.77. The Balaban J connectivity index is 1.45. The Labute approximate surface area is 145 Å². The number of nitrogens with zero attached hydrogens (tertiary/aromatic N) is 2. The standard InChI is InChI=1S/C19H19N3O3/c1-14-6-5-9-16(10-14)19-21-18(25-22-19)11-20-17(23)13-24-12-15-7-3-2-4-8-15/h2-10H,11-13H2,1H3,(H,20,23). The molecule has 2 aromatic carbocycles. The summed E-state index contributed by atoms with van der Waals surface area (Å²) in [4.78, 5) is 16.1. The zero-order chi connectivity index (χ0) is 17.5. The van der Waals surface area contributed by atoms with Crippen molar-refractivity contribution in [1.82, 2.24) is 15.5 Å². The SMILES string of the molecule is Cc1cccc(-c2noc(CNC(=O)COCc3ccccc3)n2)c1. The van der Waals surface area contributed by atoms with E-state index in [4.69, 9.17) is 9.26 Å². The van der Waals surface area contributed by atoms with Crippen molar-refractivity contribution in [2.45, 2.75) is 20.1 Å². The minimum atomic E-state index is -0.230. The molecule has 0 radical (unpaired) electrons. The summed E-state index contributed by atoms with van der Waals surface area (Å²) in [5.41, 5.74) is 3.02. The third kappa shape index (κ3) is 4.99. The molecule has 6 heteroatoms. The van der Waals surface area contributed by atoms with Crippen molar-refractivity contribution in [2.75, 3.05) is 6.61 Å². The van der Waals surface area contributed by atoms with E-state index in [1.807, 2.05) is 61.5 Å². The molecule has 128 valence electrons. The number of hydrogen-bond acceptors (Lipinski definition) is 5. The highest BCUT2D eigenvalue weighted by Crippen LogP contribution is 2.16. The fourth-order valence-corrected chi connectivity index (χ4v) is 2.29. The molecule has 1 aromatic heterocycles. The van der Waals surface area contributed by atoms with Gasteiger partial charge in [0.05, 0.1) is 13.2 Å². The van der Waals surface area contributed by atoms with E-state index in [9.17, 15) is 4.79 Å². The molecule has 3 aromatic rings. The molecule has 0 aliphatic rings. The number of hydrogen-bond donors (Lipinski definition) is 1. The van der Waals surface area contributed by atoms with Crippen molar-refractivity contribution in [3.8, 4) is 11.4 Å². The molecule has 0 bridgehead atoms. The lowest BCUT2D eigenvalue weighted by molar-refractivity contribution is -0.126. The van der Waals surface area contributed by atoms with E-state index in [2.05, 4.69) is 15.5 Å². The fourth-order valence-electron chi connectivity index (χ4n) is 2.29. The third-order valence-electron chi connectivity index (χ3n) is 3.53. The number of benzene rings is 2. The number of aryl methyl sites for hydroxylation is 1. The molecule has 25 heavy (non-hydrogen) atoms. The van der Waals surface area contributed by atoms with Crippen molar-refractivity contribution in [3.63, 3.8) is 0 Å². The van der Waals surface area contributed by atoms with Crippen LogP contribution in [-0.2, 0) is 22.7 Å². The molecule has 0 saturated carbocycles. The second kappa shape index (κ2) is 8.21. The van der Waals surface area contributed by atoms with Gasteiger partial charge < -0.3 is 14.6 Å². The van der Waals surface area contributed by atoms with Gasteiger partial charge in [-0.05, 0) is 18.6 Å². The number of carbonyl (C=O) groups excluding carboxylic acids is 1. The maximum Gasteiger partial charge on any atom is 0.246 e. The van der Waals surface area contributed by atoms with Gasteiger partial charge in [-0.3, -0.25) is 4.79 Å². The van der Waals surface area contributed by atoms with Crippen LogP contribution in [0.4, 0.5) is 0 Å². The van der Waals surface area contributed by atoms with Crippen LogP contribution in [0.2, 0.25) is 0 Å². The second-order valence-electron chi connectivity index (χ2n) is 5.64. The molecule has 3 rings (SSSR count). The lowest BCUT2D eigenvalue weighted by atomic mass is 10.1. The number of rotatable bonds is 7. The minimum Gasteiger partial charge on any atom is -0.367 e. The van der Waals surface area contributed by atoms with Gasteiger partial charge in [-0.25, -0.2) is 0 Å². The molecule has 6 nitrogen and oxygen atoms in total. The molecule has 0 aliphatic heterocycles. The van der Waals surface area contributed by atoms with E-state index >= 15 is 0 Å². The molecule has 1 N–H and O–H groups in total. The summed E-state index contributed by atoms with van der Waals surface area (Å²) in [5.74, 6) is 0.632. The molecule has 0 spiro atoms. The van der Waals surface area contributed by atoms with Gasteiger partial charge in [-0.2, -0.15) is 4.98 Å². The Kier molecular flexibility index (Phi) is 5.53. The van der Waals surface area contributed by atoms with Crippen LogP contribution in [0, 0.1) is 6.92 Å². The number of ether oxygens (including phenoxy) is 1. The molecular formula is C19H19N3O3. The molecule has 0 atom stereocenters.